The molecule has 0 atom stereocenters. The van der Waals surface area contributed by atoms with Crippen LogP contribution in [0.25, 0.3) is 0 Å². The summed E-state index contributed by atoms with van der Waals surface area (Å²) in [6.07, 6.45) is 1.70. The zero-order valence-corrected chi connectivity index (χ0v) is 9.58. The Bertz CT molecular complexity index is 480. The van der Waals surface area contributed by atoms with Crippen molar-refractivity contribution in [3.63, 3.8) is 0 Å². The molecule has 0 N–H and O–H groups in total. The molecule has 1 aromatic heterocycles. The lowest BCUT2D eigenvalue weighted by Crippen LogP contribution is -1.84. The van der Waals surface area contributed by atoms with Crippen LogP contribution in [0, 0.1) is 0 Å². The first-order chi connectivity index (χ1) is 8.38. The number of aromatic nitrogens is 1. The second kappa shape index (κ2) is 5.75. The van der Waals surface area contributed by atoms with Gasteiger partial charge >= 0.3 is 0 Å². The largest absolute Gasteiger partial charge is 0.497 e. The van der Waals surface area contributed by atoms with Gasteiger partial charge in [0.15, 0.2) is 5.82 Å². The van der Waals surface area contributed by atoms with Gasteiger partial charge in [0.1, 0.15) is 5.75 Å². The number of nitrogens with zero attached hydrogens (tertiary/aromatic N) is 3. The van der Waals surface area contributed by atoms with Crippen molar-refractivity contribution < 1.29 is 4.74 Å². The van der Waals surface area contributed by atoms with E-state index >= 15 is 0 Å². The van der Waals surface area contributed by atoms with E-state index in [9.17, 15) is 0 Å². The lowest BCUT2D eigenvalue weighted by molar-refractivity contribution is 0.414. The molecule has 1 heterocycles. The van der Waals surface area contributed by atoms with E-state index < -0.39 is 0 Å². The molecule has 2 rings (SSSR count). The smallest absolute Gasteiger partial charge is 0.173 e. The maximum Gasteiger partial charge on any atom is 0.173 e. The van der Waals surface area contributed by atoms with Crippen molar-refractivity contribution in [2.75, 3.05) is 7.11 Å². The van der Waals surface area contributed by atoms with E-state index in [0.29, 0.717) is 12.4 Å². The molecule has 4 heteroatoms. The van der Waals surface area contributed by atoms with Gasteiger partial charge in [0.25, 0.3) is 0 Å². The van der Waals surface area contributed by atoms with E-state index in [4.69, 9.17) is 4.74 Å². The molecule has 0 aliphatic heterocycles. The molecule has 0 spiro atoms. The Balaban J connectivity index is 1.95. The lowest BCUT2D eigenvalue weighted by Gasteiger charge is -1.99. The molecule has 0 amide bonds. The van der Waals surface area contributed by atoms with Crippen LogP contribution >= 0.6 is 0 Å². The van der Waals surface area contributed by atoms with Crippen molar-refractivity contribution in [3.05, 3.63) is 54.2 Å². The highest BCUT2D eigenvalue weighted by atomic mass is 16.5. The molecular weight excluding hydrogens is 214 g/mol. The summed E-state index contributed by atoms with van der Waals surface area (Å²) in [4.78, 5) is 4.06. The molecule has 1 aromatic carbocycles. The second-order valence-corrected chi connectivity index (χ2v) is 3.44. The van der Waals surface area contributed by atoms with Crippen LogP contribution in [0.3, 0.4) is 0 Å². The minimum atomic E-state index is 0.542. The van der Waals surface area contributed by atoms with Crippen molar-refractivity contribution in [1.82, 2.24) is 4.98 Å². The van der Waals surface area contributed by atoms with E-state index in [2.05, 4.69) is 15.2 Å². The van der Waals surface area contributed by atoms with Gasteiger partial charge in [0.2, 0.25) is 0 Å². The van der Waals surface area contributed by atoms with Gasteiger partial charge in [0, 0.05) is 6.20 Å². The predicted molar refractivity (Wildman–Crippen MR) is 65.5 cm³/mol. The Hall–Kier alpha value is -2.23. The highest BCUT2D eigenvalue weighted by Crippen LogP contribution is 2.13. The zero-order valence-electron chi connectivity index (χ0n) is 9.58. The van der Waals surface area contributed by atoms with E-state index in [-0.39, 0.29) is 0 Å². The lowest BCUT2D eigenvalue weighted by atomic mass is 10.2. The molecule has 2 aromatic rings. The first-order valence-corrected chi connectivity index (χ1v) is 5.30. The topological polar surface area (TPSA) is 46.8 Å². The molecule has 0 aliphatic carbocycles. The quantitative estimate of drug-likeness (QED) is 0.752. The summed E-state index contributed by atoms with van der Waals surface area (Å²) in [6, 6.07) is 13.3. The van der Waals surface area contributed by atoms with Gasteiger partial charge in [0.05, 0.1) is 13.7 Å². The van der Waals surface area contributed by atoms with Gasteiger partial charge < -0.3 is 4.74 Å². The molecule has 0 aliphatic rings. The van der Waals surface area contributed by atoms with Crippen LogP contribution in [-0.4, -0.2) is 12.1 Å². The number of pyridine rings is 1. The van der Waals surface area contributed by atoms with Gasteiger partial charge in [-0.2, -0.15) is 5.11 Å². The summed E-state index contributed by atoms with van der Waals surface area (Å²) in [5, 5.41) is 8.12. The monoisotopic (exact) mass is 227 g/mol. The molecule has 0 bridgehead atoms. The van der Waals surface area contributed by atoms with Crippen LogP contribution in [0.5, 0.6) is 5.75 Å². The standard InChI is InChI=1S/C13H13N3O/c1-17-12-7-5-11(6-8-12)10-15-16-13-4-2-3-9-14-13/h2-9H,10H2,1H3. The molecular formula is C13H13N3O. The molecule has 0 radical (unpaired) electrons. The minimum Gasteiger partial charge on any atom is -0.497 e. The molecule has 0 unspecified atom stereocenters. The summed E-state index contributed by atoms with van der Waals surface area (Å²) in [5.74, 6) is 1.47. The van der Waals surface area contributed by atoms with Crippen LogP contribution in [-0.2, 0) is 6.54 Å². The van der Waals surface area contributed by atoms with Gasteiger partial charge in [-0.3, -0.25) is 0 Å². The summed E-state index contributed by atoms with van der Waals surface area (Å²) >= 11 is 0. The van der Waals surface area contributed by atoms with Gasteiger partial charge in [-0.25, -0.2) is 4.98 Å². The van der Waals surface area contributed by atoms with Gasteiger partial charge in [-0.15, -0.1) is 5.11 Å². The Morgan fingerprint density at radius 1 is 1.12 bits per heavy atom. The van der Waals surface area contributed by atoms with Crippen molar-refractivity contribution in [3.8, 4) is 5.75 Å². The Morgan fingerprint density at radius 2 is 1.94 bits per heavy atom. The minimum absolute atomic E-state index is 0.542. The van der Waals surface area contributed by atoms with Gasteiger partial charge in [-0.1, -0.05) is 18.2 Å². The first-order valence-electron chi connectivity index (χ1n) is 5.30. The van der Waals surface area contributed by atoms with Crippen LogP contribution in [0.4, 0.5) is 5.82 Å². The van der Waals surface area contributed by atoms with E-state index in [1.807, 2.05) is 42.5 Å². The van der Waals surface area contributed by atoms with Crippen molar-refractivity contribution in [2.24, 2.45) is 10.2 Å². The van der Waals surface area contributed by atoms with E-state index in [1.165, 1.54) is 0 Å². The second-order valence-electron chi connectivity index (χ2n) is 3.44. The molecule has 0 fully saturated rings. The average molecular weight is 227 g/mol. The fourth-order valence-corrected chi connectivity index (χ4v) is 1.33. The van der Waals surface area contributed by atoms with Crippen LogP contribution in [0.2, 0.25) is 0 Å². The number of azo groups is 1. The number of hydrogen-bond acceptors (Lipinski definition) is 4. The molecule has 0 saturated carbocycles. The van der Waals surface area contributed by atoms with Crippen LogP contribution in [0.1, 0.15) is 5.56 Å². The van der Waals surface area contributed by atoms with Crippen LogP contribution in [0.15, 0.2) is 58.9 Å². The third-order valence-corrected chi connectivity index (χ3v) is 2.23. The van der Waals surface area contributed by atoms with Gasteiger partial charge in [-0.05, 0) is 29.8 Å². The normalized spacial score (nSPS) is 10.6. The number of methoxy groups -OCH3 is 1. The fraction of sp³-hybridized carbons (Fsp3) is 0.154. The molecule has 4 nitrogen and oxygen atoms in total. The van der Waals surface area contributed by atoms with Crippen molar-refractivity contribution in [1.29, 1.82) is 0 Å². The van der Waals surface area contributed by atoms with E-state index in [0.717, 1.165) is 11.3 Å². The molecule has 0 saturated heterocycles. The maximum absolute atomic E-state index is 5.08. The average Bonchev–Trinajstić information content (AvgIpc) is 2.41. The Labute approximate surface area is 100.0 Å². The molecule has 86 valence electrons. The molecule has 17 heavy (non-hydrogen) atoms. The highest BCUT2D eigenvalue weighted by molar-refractivity contribution is 5.27. The summed E-state index contributed by atoms with van der Waals surface area (Å²) in [5.41, 5.74) is 1.09. The maximum atomic E-state index is 5.08. The van der Waals surface area contributed by atoms with Crippen molar-refractivity contribution >= 4 is 5.82 Å². The number of ether oxygens (including phenoxy) is 1. The summed E-state index contributed by atoms with van der Waals surface area (Å²) in [6.45, 7) is 0.542. The SMILES string of the molecule is COc1ccc(CN=Nc2ccccn2)cc1. The highest BCUT2D eigenvalue weighted by Gasteiger charge is 1.93. The summed E-state index contributed by atoms with van der Waals surface area (Å²) < 4.78 is 5.08. The predicted octanol–water partition coefficient (Wildman–Crippen LogP) is 3.37. The summed E-state index contributed by atoms with van der Waals surface area (Å²) in [7, 11) is 1.65. The van der Waals surface area contributed by atoms with Crippen LogP contribution < -0.4 is 4.74 Å². The third kappa shape index (κ3) is 3.38. The number of rotatable bonds is 4. The zero-order chi connectivity index (χ0) is 11.9. The number of benzene rings is 1. The Morgan fingerprint density at radius 3 is 2.59 bits per heavy atom. The van der Waals surface area contributed by atoms with E-state index in [1.54, 1.807) is 13.3 Å². The first kappa shape index (κ1) is 11.3. The Kier molecular flexibility index (Phi) is 3.81. The number of hydrogen-bond donors (Lipinski definition) is 0. The fourth-order valence-electron chi connectivity index (χ4n) is 1.33. The third-order valence-electron chi connectivity index (χ3n) is 2.23. The van der Waals surface area contributed by atoms with Crippen molar-refractivity contribution in [2.45, 2.75) is 6.54 Å².